The SMILES string of the molecule is CC(=O)c1nc(N)c2ccccc2n1.CN(C)c1nc(Cl)nc2ccccc12.CNc1nc(Cl)nc2ccccc12.Cc1nc(N(C)C)c2ccccc2n1.Cc1nc(N)c2ccccc2n1.N=N.N=O.NNc1nc(N)c2ccccc2n1.NOc1nc(N)c2ccccc2n1.Nc1nc(Cl)nc2ccccc12. The van der Waals surface area contributed by atoms with Gasteiger partial charge in [-0.05, 0) is 146 Å². The molecule has 0 spiro atoms. The second-order valence-corrected chi connectivity index (χ2v) is 23.6. The van der Waals surface area contributed by atoms with Gasteiger partial charge in [-0.3, -0.25) is 10.2 Å². The van der Waals surface area contributed by atoms with Gasteiger partial charge in [0.15, 0.2) is 11.6 Å². The summed E-state index contributed by atoms with van der Waals surface area (Å²) in [6.07, 6.45) is 0. The van der Waals surface area contributed by atoms with Gasteiger partial charge in [0, 0.05) is 85.3 Å². The van der Waals surface area contributed by atoms with Gasteiger partial charge >= 0.3 is 6.01 Å². The van der Waals surface area contributed by atoms with Crippen LogP contribution in [-0.2, 0) is 0 Å². The molecule has 109 heavy (non-hydrogen) atoms. The minimum atomic E-state index is -0.178. The molecule has 36 heteroatoms. The van der Waals surface area contributed by atoms with Gasteiger partial charge in [0.05, 0.1) is 44.1 Å². The summed E-state index contributed by atoms with van der Waals surface area (Å²) in [5.41, 5.74) is 51.8. The predicted molar refractivity (Wildman–Crippen MR) is 435 cm³/mol. The molecule has 0 unspecified atom stereocenters. The van der Waals surface area contributed by atoms with Crippen LogP contribution in [0.25, 0.3) is 87.2 Å². The van der Waals surface area contributed by atoms with Crippen LogP contribution in [-0.4, -0.2) is 121 Å². The third-order valence-corrected chi connectivity index (χ3v) is 15.2. The maximum absolute atomic E-state index is 11.1. The number of carbonyl (C=O) groups is 1. The molecule has 0 saturated heterocycles. The number of nitroso groups, excluding NO2 is 1. The fraction of sp³-hybridized carbons (Fsp3) is 0.110. The lowest BCUT2D eigenvalue weighted by atomic mass is 10.2. The van der Waals surface area contributed by atoms with Gasteiger partial charge in [0.1, 0.15) is 58.2 Å². The van der Waals surface area contributed by atoms with Crippen molar-refractivity contribution in [3.8, 4) is 6.01 Å². The van der Waals surface area contributed by atoms with Gasteiger partial charge in [0.2, 0.25) is 21.8 Å². The molecule has 0 fully saturated rings. The van der Waals surface area contributed by atoms with Gasteiger partial charge in [-0.15, -0.1) is 0 Å². The molecule has 8 heterocycles. The Morgan fingerprint density at radius 3 is 1.10 bits per heavy atom. The van der Waals surface area contributed by atoms with Crippen LogP contribution in [0.5, 0.6) is 6.01 Å². The maximum atomic E-state index is 11.1. The third-order valence-electron chi connectivity index (χ3n) is 14.7. The second-order valence-electron chi connectivity index (χ2n) is 22.5. The molecule has 0 atom stereocenters. The van der Waals surface area contributed by atoms with Crippen LogP contribution < -0.4 is 65.8 Å². The minimum absolute atomic E-state index is 0.0798. The number of hydrazine groups is 1. The maximum Gasteiger partial charge on any atom is 0.338 e. The zero-order valence-electron chi connectivity index (χ0n) is 59.9. The normalized spacial score (nSPS) is 10.1. The van der Waals surface area contributed by atoms with Crippen molar-refractivity contribution in [2.45, 2.75) is 20.8 Å². The Bertz CT molecular complexity index is 5490. The lowest BCUT2D eigenvalue weighted by molar-refractivity contribution is 0.100. The monoisotopic (exact) mass is 1520 g/mol. The zero-order valence-corrected chi connectivity index (χ0v) is 62.2. The summed E-state index contributed by atoms with van der Waals surface area (Å²) in [5.74, 6) is 16.7. The number of nitrogens with two attached hydrogens (primary N) is 7. The number of aromatic nitrogens is 16. The van der Waals surface area contributed by atoms with Crippen molar-refractivity contribution in [1.29, 1.82) is 16.7 Å². The number of carbonyl (C=O) groups excluding carboxylic acids is 1. The molecule has 0 aliphatic heterocycles. The topological polar surface area (TPSA) is 534 Å². The van der Waals surface area contributed by atoms with Crippen LogP contribution in [0.15, 0.2) is 194 Å². The van der Waals surface area contributed by atoms with E-state index in [0.717, 1.165) is 105 Å². The molecular weight excluding hydrogens is 1450 g/mol. The van der Waals surface area contributed by atoms with Crippen LogP contribution in [0.3, 0.4) is 0 Å². The number of aryl methyl sites for hydroxylation is 2. The van der Waals surface area contributed by atoms with E-state index >= 15 is 0 Å². The number of nitrogens with zero attached hydrogens (tertiary/aromatic N) is 18. The van der Waals surface area contributed by atoms with Crippen LogP contribution in [0.4, 0.5) is 52.5 Å². The van der Waals surface area contributed by atoms with Crippen molar-refractivity contribution in [3.05, 3.63) is 232 Å². The Hall–Kier alpha value is -13.9. The molecule has 0 radical (unpaired) electrons. The quantitative estimate of drug-likeness (QED) is 0.0184. The molecule has 8 aromatic carbocycles. The molecule has 0 saturated carbocycles. The number of hydrogen-bond donors (Lipinski definition) is 12. The summed E-state index contributed by atoms with van der Waals surface area (Å²) in [4.78, 5) is 92.3. The van der Waals surface area contributed by atoms with E-state index in [9.17, 15) is 4.79 Å². The Kier molecular flexibility index (Phi) is 30.6. The number of fused-ring (bicyclic) bond motifs is 8. The number of nitrogens with one attached hydrogen (secondary N) is 5. The molecule has 0 bridgehead atoms. The standard InChI is InChI=1S/C11H13N3.C10H10ClN3.C10H9N3O.C9H8ClN3.C9H9N3.C8H6ClN3.C8H9N5.C8H8N4O.H2N2.HNO/c1-8-12-10-7-5-4-6-9(10)11(13-8)14(2)3;1-14(2)9-7-5-3-4-6-8(7)12-10(11)13-9;1-6(14)10-12-8-5-3-2-4-7(8)9(11)13-10;1-11-8-6-4-2-3-5-7(6)12-9(10)13-8;1-6-11-8-5-3-2-4-7(8)9(10)12-6;9-8-11-6-4-2-1-3-5(6)7(10)12-8;2*9-7-5-3-1-2-4-6(5)11-8(12-7)13-10;2*1-2/h4-7H,1-3H3;3-6H,1-2H3;2-5H,1H3,(H2,11,12,13);2-5H,1H3,(H,11,12,13);2-5H,1H3,(H2,10,11,12);1-4H,(H2,10,11,12);1-4H,10H2,(H3,9,11,12,13);1-4H,10H2,(H2,9,11,12);1-2H;1H. The van der Waals surface area contributed by atoms with Gasteiger partial charge < -0.3 is 48.6 Å². The van der Waals surface area contributed by atoms with Crippen molar-refractivity contribution < 1.29 is 9.63 Å². The lowest BCUT2D eigenvalue weighted by Crippen LogP contribution is -2.12. The second kappa shape index (κ2) is 40.4. The van der Waals surface area contributed by atoms with Crippen molar-refractivity contribution >= 4 is 180 Å². The van der Waals surface area contributed by atoms with Crippen molar-refractivity contribution in [2.75, 3.05) is 84.4 Å². The summed E-state index contributed by atoms with van der Waals surface area (Å²) in [7, 11) is 9.67. The number of rotatable bonds is 6. The molecule has 16 aromatic rings. The first kappa shape index (κ1) is 82.4. The van der Waals surface area contributed by atoms with E-state index in [2.05, 4.69) is 101 Å². The Balaban J connectivity index is 0.000000172. The number of anilines is 9. The van der Waals surface area contributed by atoms with Gasteiger partial charge in [-0.2, -0.15) is 30.7 Å². The number of benzene rings is 8. The van der Waals surface area contributed by atoms with Crippen LogP contribution in [0.2, 0.25) is 15.9 Å². The molecule has 8 aromatic heterocycles. The number of hydrogen-bond acceptors (Lipinski definition) is 33. The molecule has 33 nitrogen and oxygen atoms in total. The molecule has 0 aliphatic carbocycles. The van der Waals surface area contributed by atoms with E-state index in [0.29, 0.717) is 46.4 Å². The first-order chi connectivity index (χ1) is 52.5. The first-order valence-electron chi connectivity index (χ1n) is 32.2. The van der Waals surface area contributed by atoms with Gasteiger partial charge in [0.25, 0.3) is 0 Å². The van der Waals surface area contributed by atoms with Crippen LogP contribution >= 0.6 is 34.8 Å². The first-order valence-corrected chi connectivity index (χ1v) is 33.3. The Morgan fingerprint density at radius 1 is 0.376 bits per heavy atom. The van der Waals surface area contributed by atoms with Gasteiger partial charge in [-0.1, -0.05) is 103 Å². The van der Waals surface area contributed by atoms with Crippen molar-refractivity contribution in [1.82, 2.24) is 79.7 Å². The summed E-state index contributed by atoms with van der Waals surface area (Å²) in [6.45, 7) is 5.17. The number of para-hydroxylation sites is 8. The highest BCUT2D eigenvalue weighted by Gasteiger charge is 2.12. The Labute approximate surface area is 638 Å². The summed E-state index contributed by atoms with van der Waals surface area (Å²) >= 11 is 17.2. The Morgan fingerprint density at radius 2 is 0.679 bits per heavy atom. The molecule has 0 aliphatic rings. The average molecular weight is 1530 g/mol. The summed E-state index contributed by atoms with van der Waals surface area (Å²) in [5, 5.41) is 11.0. The minimum Gasteiger partial charge on any atom is -0.383 e. The highest BCUT2D eigenvalue weighted by Crippen LogP contribution is 2.27. The van der Waals surface area contributed by atoms with Crippen molar-refractivity contribution in [2.24, 2.45) is 11.7 Å². The fourth-order valence-electron chi connectivity index (χ4n) is 9.98. The van der Waals surface area contributed by atoms with E-state index in [-0.39, 0.29) is 33.5 Å². The molecular formula is C73H75Cl3N30O3. The molecule has 556 valence electrons. The summed E-state index contributed by atoms with van der Waals surface area (Å²) in [6, 6.07) is 61.1. The van der Waals surface area contributed by atoms with E-state index in [4.69, 9.17) is 91.2 Å². The van der Waals surface area contributed by atoms with E-state index in [1.807, 2.05) is 247 Å². The van der Waals surface area contributed by atoms with Crippen LogP contribution in [0.1, 0.15) is 29.2 Å². The number of Topliss-reactive ketones (excluding diaryl/α,β-unsaturated/α-hetero) is 1. The number of ketones is 1. The van der Waals surface area contributed by atoms with Crippen LogP contribution in [0, 0.1) is 35.4 Å². The molecule has 0 amide bonds. The van der Waals surface area contributed by atoms with E-state index < -0.39 is 0 Å². The highest BCUT2D eigenvalue weighted by atomic mass is 35.5. The van der Waals surface area contributed by atoms with Gasteiger partial charge in [-0.25, -0.2) is 76.7 Å². The number of halogens is 3. The smallest absolute Gasteiger partial charge is 0.338 e. The van der Waals surface area contributed by atoms with Crippen molar-refractivity contribution in [3.63, 3.8) is 0 Å². The molecule has 16 rings (SSSR count). The predicted octanol–water partition coefficient (Wildman–Crippen LogP) is 13.4. The number of nitrogen functional groups attached to an aromatic ring is 6. The van der Waals surface area contributed by atoms with E-state index in [1.54, 1.807) is 6.07 Å². The summed E-state index contributed by atoms with van der Waals surface area (Å²) < 4.78 is 0. The molecule has 19 N–H and O–H groups in total. The largest absolute Gasteiger partial charge is 0.383 e. The zero-order chi connectivity index (χ0) is 79.3. The third kappa shape index (κ3) is 22.6. The van der Waals surface area contributed by atoms with E-state index in [1.165, 1.54) is 6.92 Å². The highest BCUT2D eigenvalue weighted by molar-refractivity contribution is 6.29. The average Bonchev–Trinajstić information content (AvgIpc) is 0.783. The fourth-order valence-corrected chi connectivity index (χ4v) is 10.5. The lowest BCUT2D eigenvalue weighted by Gasteiger charge is -2.14.